The second kappa shape index (κ2) is 16.6. The number of aliphatic hydroxyl groups excluding tert-OH is 1. The number of nitrogens with two attached hydrogens (primary N) is 2. The number of carbonyl (C=O) groups excluding carboxylic acids is 3. The number of aliphatic hydroxyl groups is 1. The van der Waals surface area contributed by atoms with Gasteiger partial charge in [0, 0.05) is 29.1 Å². The van der Waals surface area contributed by atoms with Crippen LogP contribution < -0.4 is 27.1 Å². The van der Waals surface area contributed by atoms with Gasteiger partial charge in [-0.1, -0.05) is 29.8 Å². The molecule has 3 aromatic carbocycles. The molecule has 0 saturated carbocycles. The van der Waals surface area contributed by atoms with Gasteiger partial charge in [-0.05, 0) is 89.1 Å². The second-order valence-electron chi connectivity index (χ2n) is 13.9. The topological polar surface area (TPSA) is 259 Å². The maximum Gasteiger partial charge on any atom is 0.404 e. The molecule has 0 aliphatic carbocycles. The SMILES string of the molecule is CO[C@@H]1[C@@H](OC(N)=O)[C@@H](O)[C@H](Oc2ccc3c(O)c(NC(=O)c4ccc(O)c(CC=C(C)C)c4)c(=O)oc3c2C)OC1(C)C.NC(=O)c1cc2ccccc2[nH]1. The molecular formula is C40H44N4O12. The smallest absolute Gasteiger partial charge is 0.404 e. The summed E-state index contributed by atoms with van der Waals surface area (Å²) < 4.78 is 27.9. The first-order chi connectivity index (χ1) is 26.4. The van der Waals surface area contributed by atoms with Crippen LogP contribution in [0.3, 0.4) is 0 Å². The molecule has 2 aromatic heterocycles. The van der Waals surface area contributed by atoms with Gasteiger partial charge >= 0.3 is 11.7 Å². The number of benzene rings is 3. The third-order valence-electron chi connectivity index (χ3n) is 9.12. The quantitative estimate of drug-likeness (QED) is 0.0780. The normalized spacial score (nSPS) is 18.7. The van der Waals surface area contributed by atoms with Crippen molar-refractivity contribution in [3.63, 3.8) is 0 Å². The molecule has 3 amide bonds. The first kappa shape index (κ1) is 40.8. The molecule has 1 fully saturated rings. The van der Waals surface area contributed by atoms with Crippen molar-refractivity contribution in [2.24, 2.45) is 11.5 Å². The number of amides is 3. The summed E-state index contributed by atoms with van der Waals surface area (Å²) in [6.45, 7) is 8.69. The van der Waals surface area contributed by atoms with E-state index in [4.69, 9.17) is 34.8 Å². The Morgan fingerprint density at radius 1 is 1.04 bits per heavy atom. The van der Waals surface area contributed by atoms with Crippen LogP contribution >= 0.6 is 0 Å². The number of hydrogen-bond acceptors (Lipinski definition) is 12. The number of aromatic nitrogens is 1. The van der Waals surface area contributed by atoms with E-state index < -0.39 is 65.2 Å². The molecule has 56 heavy (non-hydrogen) atoms. The lowest BCUT2D eigenvalue weighted by Crippen LogP contribution is -2.65. The Hall–Kier alpha value is -6.36. The molecule has 4 atom stereocenters. The third-order valence-corrected chi connectivity index (χ3v) is 9.12. The van der Waals surface area contributed by atoms with Crippen molar-refractivity contribution < 1.29 is 53.1 Å². The van der Waals surface area contributed by atoms with E-state index in [2.05, 4.69) is 10.3 Å². The number of aromatic amines is 1. The van der Waals surface area contributed by atoms with Crippen molar-refractivity contribution in [2.75, 3.05) is 12.4 Å². The van der Waals surface area contributed by atoms with E-state index in [-0.39, 0.29) is 33.6 Å². The molecule has 1 aliphatic rings. The number of H-pyrrole nitrogens is 1. The van der Waals surface area contributed by atoms with Crippen molar-refractivity contribution in [2.45, 2.75) is 71.2 Å². The highest BCUT2D eigenvalue weighted by molar-refractivity contribution is 6.06. The number of carbonyl (C=O) groups is 3. The minimum absolute atomic E-state index is 0.0183. The molecule has 0 spiro atoms. The maximum absolute atomic E-state index is 13.0. The van der Waals surface area contributed by atoms with Crippen LogP contribution in [0.2, 0.25) is 0 Å². The zero-order chi connectivity index (χ0) is 41.1. The average molecular weight is 773 g/mol. The molecule has 1 aliphatic heterocycles. The molecular weight excluding hydrogens is 728 g/mol. The zero-order valence-electron chi connectivity index (χ0n) is 31.5. The number of aryl methyl sites for hydroxylation is 1. The summed E-state index contributed by atoms with van der Waals surface area (Å²) in [5.41, 5.74) is 11.0. The Balaban J connectivity index is 0.000000421. The van der Waals surface area contributed by atoms with Crippen LogP contribution in [-0.2, 0) is 20.6 Å². The molecule has 6 rings (SSSR count). The van der Waals surface area contributed by atoms with Crippen LogP contribution in [0, 0.1) is 6.92 Å². The molecule has 16 heteroatoms. The van der Waals surface area contributed by atoms with Gasteiger partial charge in [-0.25, -0.2) is 9.59 Å². The highest BCUT2D eigenvalue weighted by Gasteiger charge is 2.53. The lowest BCUT2D eigenvalue weighted by Gasteiger charge is -2.47. The van der Waals surface area contributed by atoms with Crippen LogP contribution in [0.15, 0.2) is 81.5 Å². The fourth-order valence-electron chi connectivity index (χ4n) is 6.27. The monoisotopic (exact) mass is 772 g/mol. The highest BCUT2D eigenvalue weighted by atomic mass is 16.7. The fourth-order valence-corrected chi connectivity index (χ4v) is 6.27. The van der Waals surface area contributed by atoms with Crippen LogP contribution in [0.5, 0.6) is 17.2 Å². The number of fused-ring (bicyclic) bond motifs is 2. The van der Waals surface area contributed by atoms with Gasteiger partial charge in [0.25, 0.3) is 11.8 Å². The minimum Gasteiger partial charge on any atom is -0.508 e. The third kappa shape index (κ3) is 8.78. The predicted octanol–water partition coefficient (Wildman–Crippen LogP) is 4.89. The van der Waals surface area contributed by atoms with Crippen molar-refractivity contribution >= 4 is 45.5 Å². The number of nitrogens with one attached hydrogen (secondary N) is 2. The van der Waals surface area contributed by atoms with E-state index in [0.29, 0.717) is 17.7 Å². The van der Waals surface area contributed by atoms with E-state index in [1.165, 1.54) is 37.4 Å². The number of hydrogen-bond donors (Lipinski definition) is 7. The van der Waals surface area contributed by atoms with E-state index >= 15 is 0 Å². The first-order valence-electron chi connectivity index (χ1n) is 17.4. The van der Waals surface area contributed by atoms with Gasteiger partial charge in [-0.15, -0.1) is 0 Å². The number of ether oxygens (including phenoxy) is 4. The Morgan fingerprint density at radius 3 is 2.39 bits per heavy atom. The van der Waals surface area contributed by atoms with Gasteiger partial charge < -0.3 is 60.5 Å². The lowest BCUT2D eigenvalue weighted by atomic mass is 9.89. The van der Waals surface area contributed by atoms with Gasteiger partial charge in [-0.2, -0.15) is 0 Å². The van der Waals surface area contributed by atoms with Crippen LogP contribution in [0.1, 0.15) is 59.7 Å². The Labute approximate surface area is 320 Å². The molecule has 16 nitrogen and oxygen atoms in total. The predicted molar refractivity (Wildman–Crippen MR) is 206 cm³/mol. The number of allylic oxidation sites excluding steroid dienone is 2. The largest absolute Gasteiger partial charge is 0.508 e. The van der Waals surface area contributed by atoms with Crippen molar-refractivity contribution in [1.29, 1.82) is 0 Å². The second-order valence-corrected chi connectivity index (χ2v) is 13.9. The molecule has 9 N–H and O–H groups in total. The summed E-state index contributed by atoms with van der Waals surface area (Å²) in [7, 11) is 1.37. The number of aromatic hydroxyl groups is 2. The molecule has 0 bridgehead atoms. The van der Waals surface area contributed by atoms with Crippen LogP contribution in [-0.4, -0.2) is 75.5 Å². The summed E-state index contributed by atoms with van der Waals surface area (Å²) in [4.78, 5) is 51.2. The molecule has 0 radical (unpaired) electrons. The van der Waals surface area contributed by atoms with Gasteiger partial charge in [0.2, 0.25) is 6.29 Å². The van der Waals surface area contributed by atoms with E-state index in [1.54, 1.807) is 26.8 Å². The molecule has 5 aromatic rings. The van der Waals surface area contributed by atoms with Gasteiger partial charge in [0.1, 0.15) is 28.9 Å². The number of phenols is 1. The Morgan fingerprint density at radius 2 is 1.75 bits per heavy atom. The molecule has 296 valence electrons. The van der Waals surface area contributed by atoms with Gasteiger partial charge in [-0.3, -0.25) is 9.59 Å². The number of rotatable bonds is 9. The number of para-hydroxylation sites is 1. The van der Waals surface area contributed by atoms with E-state index in [1.807, 2.05) is 44.2 Å². The summed E-state index contributed by atoms with van der Waals surface area (Å²) in [5, 5.41) is 35.6. The van der Waals surface area contributed by atoms with Crippen molar-refractivity contribution in [3.05, 3.63) is 105 Å². The zero-order valence-corrected chi connectivity index (χ0v) is 31.5. The summed E-state index contributed by atoms with van der Waals surface area (Å²) in [6.07, 6.45) is -3.81. The summed E-state index contributed by atoms with van der Waals surface area (Å²) in [6, 6.07) is 16.5. The maximum atomic E-state index is 13.0. The number of anilines is 1. The van der Waals surface area contributed by atoms with Crippen LogP contribution in [0.25, 0.3) is 21.9 Å². The molecule has 3 heterocycles. The lowest BCUT2D eigenvalue weighted by molar-refractivity contribution is -0.304. The van der Waals surface area contributed by atoms with Crippen molar-refractivity contribution in [3.8, 4) is 17.2 Å². The number of primary amides is 2. The average Bonchev–Trinajstić information content (AvgIpc) is 3.58. The summed E-state index contributed by atoms with van der Waals surface area (Å²) >= 11 is 0. The van der Waals surface area contributed by atoms with E-state index in [9.17, 15) is 34.5 Å². The summed E-state index contributed by atoms with van der Waals surface area (Å²) in [5.74, 6) is -1.51. The van der Waals surface area contributed by atoms with Gasteiger partial charge in [0.05, 0.1) is 11.0 Å². The molecule has 0 unspecified atom stereocenters. The van der Waals surface area contributed by atoms with Gasteiger partial charge in [0.15, 0.2) is 23.6 Å². The van der Waals surface area contributed by atoms with Crippen molar-refractivity contribution in [1.82, 2.24) is 4.98 Å². The first-order valence-corrected chi connectivity index (χ1v) is 17.4. The van der Waals surface area contributed by atoms with Crippen LogP contribution in [0.4, 0.5) is 10.5 Å². The number of methoxy groups -OCH3 is 1. The highest BCUT2D eigenvalue weighted by Crippen LogP contribution is 2.38. The minimum atomic E-state index is -1.52. The van der Waals surface area contributed by atoms with E-state index in [0.717, 1.165) is 16.5 Å². The number of phenolic OH excluding ortho intramolecular Hbond substituents is 1. The molecule has 1 saturated heterocycles. The fraction of sp³-hybridized carbons (Fsp3) is 0.300. The Kier molecular flexibility index (Phi) is 12.1. The Bertz CT molecular complexity index is 2340. The standard InChI is InChI=1S/C31H36N2O11.C9H8N2O/c1-14(2)7-8-16-13-17(9-11-19(16)34)27(37)33-21-22(35)18-10-12-20(15(3)24(18)42-28(21)38)41-29-23(36)25(43-30(32)39)26(40-6)31(4,5)44-29;10-9(12)8-5-6-3-1-2-4-7(6)11-8/h7,9-13,23,25-26,29,34-36H,8H2,1-6H3,(H2,32,39)(H,33,37);1-5,11H,(H2,10,12)/t23-,25+,26-,29-;/m1./s1.